The molecule has 0 radical (unpaired) electrons. The number of fused-ring (bicyclic) bond motifs is 1. The highest BCUT2D eigenvalue weighted by atomic mass is 16.4. The molecule has 6 nitrogen and oxygen atoms in total. The molecule has 2 rings (SSSR count). The van der Waals surface area contributed by atoms with Crippen molar-refractivity contribution >= 4 is 12.1 Å². The highest BCUT2D eigenvalue weighted by molar-refractivity contribution is 5.82. The minimum absolute atomic E-state index is 0.0106. The van der Waals surface area contributed by atoms with Crippen LogP contribution in [-0.2, 0) is 4.79 Å². The molecule has 6 heteroatoms. The Morgan fingerprint density at radius 2 is 1.82 bits per heavy atom. The Labute approximate surface area is 97.3 Å². The normalized spacial score (nSPS) is 23.0. The zero-order valence-corrected chi connectivity index (χ0v) is 8.91. The van der Waals surface area contributed by atoms with Crippen LogP contribution in [0.3, 0.4) is 0 Å². The topological polar surface area (TPSA) is 104 Å². The van der Waals surface area contributed by atoms with Gasteiger partial charge in [-0.1, -0.05) is 24.3 Å². The molecule has 0 spiro atoms. The Morgan fingerprint density at radius 3 is 2.35 bits per heavy atom. The van der Waals surface area contributed by atoms with Gasteiger partial charge in [0.25, 0.3) is 0 Å². The van der Waals surface area contributed by atoms with E-state index in [4.69, 9.17) is 15.9 Å². The van der Waals surface area contributed by atoms with Gasteiger partial charge < -0.3 is 15.9 Å². The standard InChI is InChI=1S/C11H12N2O4/c12-8-5-13(11(16)17)9(10(14)15)7-4-2-1-3-6(7)8/h1-4,8-9H,5,12H2,(H,14,15)(H,16,17)/t8-,9-/m1/s1. The summed E-state index contributed by atoms with van der Waals surface area (Å²) in [5, 5.41) is 18.2. The first-order valence-corrected chi connectivity index (χ1v) is 5.09. The van der Waals surface area contributed by atoms with E-state index >= 15 is 0 Å². The van der Waals surface area contributed by atoms with Gasteiger partial charge in [0, 0.05) is 12.6 Å². The van der Waals surface area contributed by atoms with Gasteiger partial charge in [-0.15, -0.1) is 0 Å². The van der Waals surface area contributed by atoms with Crippen molar-refractivity contribution < 1.29 is 19.8 Å². The van der Waals surface area contributed by atoms with Crippen molar-refractivity contribution in [1.82, 2.24) is 4.90 Å². The number of nitrogens with zero attached hydrogens (tertiary/aromatic N) is 1. The lowest BCUT2D eigenvalue weighted by Gasteiger charge is -2.35. The first-order chi connectivity index (χ1) is 8.02. The molecule has 2 atom stereocenters. The third kappa shape index (κ3) is 1.83. The summed E-state index contributed by atoms with van der Waals surface area (Å²) < 4.78 is 0. The summed E-state index contributed by atoms with van der Waals surface area (Å²) in [6.45, 7) is -0.0106. The molecule has 1 aromatic carbocycles. The van der Waals surface area contributed by atoms with Gasteiger partial charge in [0.2, 0.25) is 0 Å². The van der Waals surface area contributed by atoms with E-state index in [1.807, 2.05) is 0 Å². The molecule has 0 saturated carbocycles. The van der Waals surface area contributed by atoms with Crippen molar-refractivity contribution in [2.24, 2.45) is 5.73 Å². The summed E-state index contributed by atoms with van der Waals surface area (Å²) in [4.78, 5) is 23.1. The second kappa shape index (κ2) is 4.06. The zero-order chi connectivity index (χ0) is 12.6. The lowest BCUT2D eigenvalue weighted by molar-refractivity contribution is -0.143. The third-order valence-corrected chi connectivity index (χ3v) is 2.87. The molecular formula is C11H12N2O4. The van der Waals surface area contributed by atoms with Crippen LogP contribution in [-0.4, -0.2) is 33.7 Å². The first-order valence-electron chi connectivity index (χ1n) is 5.09. The number of amides is 1. The molecule has 0 saturated heterocycles. The van der Waals surface area contributed by atoms with E-state index in [9.17, 15) is 9.59 Å². The van der Waals surface area contributed by atoms with Gasteiger partial charge in [0.05, 0.1) is 0 Å². The molecule has 0 aromatic heterocycles. The molecule has 0 unspecified atom stereocenters. The lowest BCUT2D eigenvalue weighted by Crippen LogP contribution is -2.46. The smallest absolute Gasteiger partial charge is 0.408 e. The molecule has 1 aliphatic heterocycles. The molecule has 17 heavy (non-hydrogen) atoms. The van der Waals surface area contributed by atoms with E-state index < -0.39 is 24.1 Å². The second-order valence-corrected chi connectivity index (χ2v) is 3.91. The van der Waals surface area contributed by atoms with E-state index in [2.05, 4.69) is 0 Å². The summed E-state index contributed by atoms with van der Waals surface area (Å²) in [6, 6.07) is 5.10. The predicted octanol–water partition coefficient (Wildman–Crippen LogP) is 0.806. The third-order valence-electron chi connectivity index (χ3n) is 2.87. The number of rotatable bonds is 1. The molecule has 90 valence electrons. The molecule has 0 aliphatic carbocycles. The number of carbonyl (C=O) groups is 2. The molecule has 0 fully saturated rings. The molecule has 1 aromatic rings. The van der Waals surface area contributed by atoms with Crippen LogP contribution in [0, 0.1) is 0 Å². The molecule has 1 aliphatic rings. The first kappa shape index (κ1) is 11.4. The maximum absolute atomic E-state index is 11.2. The molecule has 0 bridgehead atoms. The van der Waals surface area contributed by atoms with Crippen LogP contribution in [0.25, 0.3) is 0 Å². The van der Waals surface area contributed by atoms with Crippen LogP contribution >= 0.6 is 0 Å². The average molecular weight is 236 g/mol. The highest BCUT2D eigenvalue weighted by Crippen LogP contribution is 2.33. The number of carboxylic acids is 1. The second-order valence-electron chi connectivity index (χ2n) is 3.91. The highest BCUT2D eigenvalue weighted by Gasteiger charge is 2.38. The van der Waals surface area contributed by atoms with E-state index in [-0.39, 0.29) is 6.54 Å². The number of nitrogens with two attached hydrogens (primary N) is 1. The minimum Gasteiger partial charge on any atom is -0.479 e. The quantitative estimate of drug-likeness (QED) is 0.669. The Kier molecular flexibility index (Phi) is 2.72. The van der Waals surface area contributed by atoms with Crippen molar-refractivity contribution in [3.63, 3.8) is 0 Å². The van der Waals surface area contributed by atoms with E-state index in [1.165, 1.54) is 0 Å². The zero-order valence-electron chi connectivity index (χ0n) is 8.91. The van der Waals surface area contributed by atoms with Crippen LogP contribution in [0.15, 0.2) is 24.3 Å². The van der Waals surface area contributed by atoms with E-state index in [0.717, 1.165) is 4.90 Å². The largest absolute Gasteiger partial charge is 0.479 e. The van der Waals surface area contributed by atoms with Gasteiger partial charge in [-0.25, -0.2) is 9.59 Å². The van der Waals surface area contributed by atoms with Crippen molar-refractivity contribution in [3.05, 3.63) is 35.4 Å². The number of aliphatic carboxylic acids is 1. The molecule has 1 heterocycles. The maximum atomic E-state index is 11.2. The number of carboxylic acid groups (broad SMARTS) is 2. The van der Waals surface area contributed by atoms with Gasteiger partial charge in [-0.2, -0.15) is 0 Å². The summed E-state index contributed by atoms with van der Waals surface area (Å²) in [6.07, 6.45) is -1.28. The van der Waals surface area contributed by atoms with Gasteiger partial charge >= 0.3 is 12.1 Å². The van der Waals surface area contributed by atoms with Crippen molar-refractivity contribution in [2.75, 3.05) is 6.54 Å². The number of hydrogen-bond donors (Lipinski definition) is 3. The van der Waals surface area contributed by atoms with Gasteiger partial charge in [0.1, 0.15) is 0 Å². The molecular weight excluding hydrogens is 224 g/mol. The number of hydrogen-bond acceptors (Lipinski definition) is 3. The summed E-state index contributed by atoms with van der Waals surface area (Å²) in [7, 11) is 0. The Bertz CT molecular complexity index is 474. The fourth-order valence-electron chi connectivity index (χ4n) is 2.14. The van der Waals surface area contributed by atoms with Crippen LogP contribution in [0.1, 0.15) is 23.2 Å². The lowest BCUT2D eigenvalue weighted by atomic mass is 9.90. The van der Waals surface area contributed by atoms with Gasteiger partial charge in [0.15, 0.2) is 6.04 Å². The van der Waals surface area contributed by atoms with Crippen LogP contribution in [0.2, 0.25) is 0 Å². The van der Waals surface area contributed by atoms with Crippen molar-refractivity contribution in [1.29, 1.82) is 0 Å². The molecule has 1 amide bonds. The monoisotopic (exact) mass is 236 g/mol. The Morgan fingerprint density at radius 1 is 1.24 bits per heavy atom. The van der Waals surface area contributed by atoms with Crippen LogP contribution in [0.4, 0.5) is 4.79 Å². The van der Waals surface area contributed by atoms with Gasteiger partial charge in [-0.3, -0.25) is 4.90 Å². The Hall–Kier alpha value is -2.08. The maximum Gasteiger partial charge on any atom is 0.408 e. The average Bonchev–Trinajstić information content (AvgIpc) is 2.28. The minimum atomic E-state index is -1.28. The Balaban J connectivity index is 2.54. The van der Waals surface area contributed by atoms with E-state index in [0.29, 0.717) is 11.1 Å². The predicted molar refractivity (Wildman–Crippen MR) is 58.5 cm³/mol. The fraction of sp³-hybridized carbons (Fsp3) is 0.273. The SMILES string of the molecule is N[C@@H]1CN(C(=O)O)[C@@H](C(=O)O)c2ccccc21. The van der Waals surface area contributed by atoms with Gasteiger partial charge in [-0.05, 0) is 11.1 Å². The summed E-state index contributed by atoms with van der Waals surface area (Å²) in [5.41, 5.74) is 6.98. The molecule has 4 N–H and O–H groups in total. The van der Waals surface area contributed by atoms with Crippen LogP contribution < -0.4 is 5.73 Å². The number of benzene rings is 1. The summed E-state index contributed by atoms with van der Waals surface area (Å²) >= 11 is 0. The van der Waals surface area contributed by atoms with Crippen molar-refractivity contribution in [2.45, 2.75) is 12.1 Å². The summed E-state index contributed by atoms with van der Waals surface area (Å²) in [5.74, 6) is -1.19. The van der Waals surface area contributed by atoms with Crippen molar-refractivity contribution in [3.8, 4) is 0 Å². The van der Waals surface area contributed by atoms with E-state index in [1.54, 1.807) is 24.3 Å². The fourth-order valence-corrected chi connectivity index (χ4v) is 2.14. The van der Waals surface area contributed by atoms with Crippen LogP contribution in [0.5, 0.6) is 0 Å².